The minimum atomic E-state index is -3.79. The van der Waals surface area contributed by atoms with E-state index in [1.165, 1.54) is 28.9 Å². The first-order chi connectivity index (χ1) is 12.9. The van der Waals surface area contributed by atoms with Crippen LogP contribution in [0, 0.1) is 0 Å². The largest absolute Gasteiger partial charge is 0.492 e. The van der Waals surface area contributed by atoms with Crippen molar-refractivity contribution < 1.29 is 17.6 Å². The van der Waals surface area contributed by atoms with Crippen LogP contribution in [-0.2, 0) is 16.6 Å². The maximum Gasteiger partial charge on any atom is 0.245 e. The number of nitrogens with zero attached hydrogens (tertiary/aromatic N) is 2. The second-order valence-electron chi connectivity index (χ2n) is 5.54. The van der Waals surface area contributed by atoms with Crippen molar-refractivity contribution in [2.24, 2.45) is 0 Å². The molecule has 0 fully saturated rings. The second-order valence-corrected chi connectivity index (χ2v) is 8.78. The summed E-state index contributed by atoms with van der Waals surface area (Å²) in [6.45, 7) is 0.409. The highest BCUT2D eigenvalue weighted by Gasteiger charge is 2.26. The maximum absolute atomic E-state index is 13.0. The molecule has 2 aromatic heterocycles. The second kappa shape index (κ2) is 8.88. The summed E-state index contributed by atoms with van der Waals surface area (Å²) in [6, 6.07) is 13.6. The molecule has 0 radical (unpaired) electrons. The van der Waals surface area contributed by atoms with E-state index in [9.17, 15) is 8.42 Å². The van der Waals surface area contributed by atoms with Crippen molar-refractivity contribution in [3.05, 3.63) is 76.4 Å². The molecule has 0 atom stereocenters. The summed E-state index contributed by atoms with van der Waals surface area (Å²) in [5, 5.41) is 0.227. The van der Waals surface area contributed by atoms with Gasteiger partial charge >= 0.3 is 0 Å². The normalized spacial score (nSPS) is 11.7. The van der Waals surface area contributed by atoms with E-state index < -0.39 is 10.0 Å². The van der Waals surface area contributed by atoms with E-state index in [1.54, 1.807) is 24.3 Å². The number of sulfonamides is 1. The molecule has 1 aromatic carbocycles. The maximum atomic E-state index is 13.0. The molecule has 0 N–H and O–H groups in total. The zero-order valence-corrected chi connectivity index (χ0v) is 17.2. The van der Waals surface area contributed by atoms with Gasteiger partial charge in [-0.25, -0.2) is 13.4 Å². The Kier molecular flexibility index (Phi) is 6.54. The molecule has 3 rings (SSSR count). The van der Waals surface area contributed by atoms with Crippen molar-refractivity contribution in [1.29, 1.82) is 0 Å². The molecule has 0 bridgehead atoms. The van der Waals surface area contributed by atoms with E-state index in [0.717, 1.165) is 4.47 Å². The summed E-state index contributed by atoms with van der Waals surface area (Å²) >= 11 is 9.12. The Morgan fingerprint density at radius 3 is 2.56 bits per heavy atom. The van der Waals surface area contributed by atoms with Crippen molar-refractivity contribution in [3.63, 3.8) is 0 Å². The molecule has 9 heteroatoms. The van der Waals surface area contributed by atoms with Gasteiger partial charge in [0.15, 0.2) is 0 Å². The third kappa shape index (κ3) is 5.32. The van der Waals surface area contributed by atoms with Gasteiger partial charge in [0.2, 0.25) is 10.0 Å². The third-order valence-corrected chi connectivity index (χ3v) is 6.25. The molecule has 0 aliphatic carbocycles. The molecule has 0 unspecified atom stereocenters. The molecule has 2 heterocycles. The van der Waals surface area contributed by atoms with Gasteiger partial charge in [0.05, 0.1) is 12.8 Å². The first-order valence-electron chi connectivity index (χ1n) is 7.97. The van der Waals surface area contributed by atoms with E-state index in [1.807, 2.05) is 12.1 Å². The van der Waals surface area contributed by atoms with Gasteiger partial charge in [-0.15, -0.1) is 0 Å². The van der Waals surface area contributed by atoms with Gasteiger partial charge in [-0.3, -0.25) is 0 Å². The topological polar surface area (TPSA) is 72.6 Å². The van der Waals surface area contributed by atoms with Gasteiger partial charge in [0, 0.05) is 17.2 Å². The standard InChI is InChI=1S/C18H16BrClN2O4S/c19-14-3-5-15(6-4-14)26-11-9-22(13-16-2-1-10-25-16)27(23,24)17-7-8-18(20)21-12-17/h1-8,10,12H,9,11,13H2. The number of halogens is 2. The van der Waals surface area contributed by atoms with E-state index in [2.05, 4.69) is 20.9 Å². The van der Waals surface area contributed by atoms with E-state index in [0.29, 0.717) is 11.5 Å². The van der Waals surface area contributed by atoms with Crippen LogP contribution in [0.5, 0.6) is 5.75 Å². The zero-order valence-electron chi connectivity index (χ0n) is 14.1. The molecule has 0 aliphatic rings. The summed E-state index contributed by atoms with van der Waals surface area (Å²) in [7, 11) is -3.79. The average Bonchev–Trinajstić information content (AvgIpc) is 3.16. The summed E-state index contributed by atoms with van der Waals surface area (Å²) < 4.78 is 39.2. The highest BCUT2D eigenvalue weighted by atomic mass is 79.9. The minimum absolute atomic E-state index is 0.0575. The van der Waals surface area contributed by atoms with Gasteiger partial charge < -0.3 is 9.15 Å². The van der Waals surface area contributed by atoms with Crippen molar-refractivity contribution >= 4 is 37.6 Å². The number of hydrogen-bond acceptors (Lipinski definition) is 5. The van der Waals surface area contributed by atoms with E-state index in [4.69, 9.17) is 20.8 Å². The number of ether oxygens (including phenoxy) is 1. The number of furan rings is 1. The van der Waals surface area contributed by atoms with Crippen molar-refractivity contribution in [2.45, 2.75) is 11.4 Å². The summed E-state index contributed by atoms with van der Waals surface area (Å²) in [5.41, 5.74) is 0. The fourth-order valence-electron chi connectivity index (χ4n) is 2.32. The lowest BCUT2D eigenvalue weighted by atomic mass is 10.3. The number of hydrogen-bond donors (Lipinski definition) is 0. The van der Waals surface area contributed by atoms with Crippen LogP contribution in [0.2, 0.25) is 5.15 Å². The zero-order chi connectivity index (χ0) is 19.3. The van der Waals surface area contributed by atoms with Gasteiger partial charge in [-0.1, -0.05) is 27.5 Å². The first kappa shape index (κ1) is 19.9. The van der Waals surface area contributed by atoms with Crippen LogP contribution in [0.15, 0.2) is 74.8 Å². The number of benzene rings is 1. The quantitative estimate of drug-likeness (QED) is 0.456. The smallest absolute Gasteiger partial charge is 0.245 e. The molecule has 0 amide bonds. The van der Waals surface area contributed by atoms with Gasteiger partial charge in [-0.2, -0.15) is 4.31 Å². The monoisotopic (exact) mass is 470 g/mol. The van der Waals surface area contributed by atoms with Crippen molar-refractivity contribution in [2.75, 3.05) is 13.2 Å². The first-order valence-corrected chi connectivity index (χ1v) is 10.6. The molecule has 0 saturated carbocycles. The van der Waals surface area contributed by atoms with Crippen LogP contribution in [-0.4, -0.2) is 30.9 Å². The van der Waals surface area contributed by atoms with Crippen LogP contribution >= 0.6 is 27.5 Å². The highest BCUT2D eigenvalue weighted by Crippen LogP contribution is 2.20. The lowest BCUT2D eigenvalue weighted by Crippen LogP contribution is -2.34. The third-order valence-electron chi connectivity index (χ3n) is 3.67. The molecule has 27 heavy (non-hydrogen) atoms. The van der Waals surface area contributed by atoms with Crippen LogP contribution in [0.4, 0.5) is 0 Å². The Morgan fingerprint density at radius 1 is 1.15 bits per heavy atom. The van der Waals surface area contributed by atoms with Crippen LogP contribution < -0.4 is 4.74 Å². The lowest BCUT2D eigenvalue weighted by Gasteiger charge is -2.21. The molecule has 0 spiro atoms. The molecular formula is C18H16BrClN2O4S. The van der Waals surface area contributed by atoms with Gasteiger partial charge in [-0.05, 0) is 48.5 Å². The average molecular weight is 472 g/mol. The number of pyridine rings is 1. The Bertz CT molecular complexity index is 962. The lowest BCUT2D eigenvalue weighted by molar-refractivity contribution is 0.261. The summed E-state index contributed by atoms with van der Waals surface area (Å²) in [4.78, 5) is 3.92. The van der Waals surface area contributed by atoms with E-state index in [-0.39, 0.29) is 29.7 Å². The fourth-order valence-corrected chi connectivity index (χ4v) is 4.03. The fraction of sp³-hybridized carbons (Fsp3) is 0.167. The molecule has 3 aromatic rings. The molecule has 0 aliphatic heterocycles. The van der Waals surface area contributed by atoms with Crippen LogP contribution in [0.25, 0.3) is 0 Å². The van der Waals surface area contributed by atoms with Gasteiger partial charge in [0.25, 0.3) is 0 Å². The predicted molar refractivity (Wildman–Crippen MR) is 105 cm³/mol. The molecular weight excluding hydrogens is 456 g/mol. The Morgan fingerprint density at radius 2 is 1.93 bits per heavy atom. The van der Waals surface area contributed by atoms with Crippen LogP contribution in [0.1, 0.15) is 5.76 Å². The van der Waals surface area contributed by atoms with Crippen molar-refractivity contribution in [1.82, 2.24) is 9.29 Å². The molecule has 0 saturated heterocycles. The highest BCUT2D eigenvalue weighted by molar-refractivity contribution is 9.10. The molecule has 6 nitrogen and oxygen atoms in total. The summed E-state index contributed by atoms with van der Waals surface area (Å²) in [5.74, 6) is 1.19. The Labute approximate surface area is 170 Å². The Balaban J connectivity index is 1.75. The Hall–Kier alpha value is -1.87. The van der Waals surface area contributed by atoms with Gasteiger partial charge in [0.1, 0.15) is 28.2 Å². The SMILES string of the molecule is O=S(=O)(c1ccc(Cl)nc1)N(CCOc1ccc(Br)cc1)Cc1ccco1. The van der Waals surface area contributed by atoms with Crippen molar-refractivity contribution in [3.8, 4) is 5.75 Å². The minimum Gasteiger partial charge on any atom is -0.492 e. The summed E-state index contributed by atoms with van der Waals surface area (Å²) in [6.07, 6.45) is 2.74. The molecule has 142 valence electrons. The van der Waals surface area contributed by atoms with Crippen LogP contribution in [0.3, 0.4) is 0 Å². The number of rotatable bonds is 8. The predicted octanol–water partition coefficient (Wildman–Crippen LogP) is 4.36. The van der Waals surface area contributed by atoms with E-state index >= 15 is 0 Å². The number of aromatic nitrogens is 1.